The number of nitrogens with zero attached hydrogens (tertiary/aromatic N) is 3. The van der Waals surface area contributed by atoms with Gasteiger partial charge in [0.25, 0.3) is 0 Å². The Balaban J connectivity index is 1.45. The van der Waals surface area contributed by atoms with Gasteiger partial charge in [0.05, 0.1) is 22.9 Å². The summed E-state index contributed by atoms with van der Waals surface area (Å²) in [5.74, 6) is 0. The number of nitrogens with one attached hydrogen (secondary N) is 1. The van der Waals surface area contributed by atoms with Gasteiger partial charge in [-0.1, -0.05) is 6.07 Å². The molecule has 154 valence electrons. The SMILES string of the molecule is NS(=NC(=O)Nc1c2c(cc3c1CCC3O)CCC2)c1cnn2c1C(F)CCC2. The normalized spacial score (nSPS) is 23.6. The van der Waals surface area contributed by atoms with Gasteiger partial charge in [0, 0.05) is 23.1 Å². The van der Waals surface area contributed by atoms with Crippen LogP contribution in [-0.4, -0.2) is 20.9 Å². The second-order valence-corrected chi connectivity index (χ2v) is 9.18. The number of aromatic nitrogens is 2. The average molecular weight is 418 g/mol. The van der Waals surface area contributed by atoms with E-state index < -0.39 is 29.2 Å². The zero-order valence-electron chi connectivity index (χ0n) is 16.0. The molecule has 0 spiro atoms. The molecule has 2 heterocycles. The summed E-state index contributed by atoms with van der Waals surface area (Å²) in [6, 6.07) is 1.56. The zero-order valence-corrected chi connectivity index (χ0v) is 16.8. The summed E-state index contributed by atoms with van der Waals surface area (Å²) in [6.45, 7) is 0.657. The minimum Gasteiger partial charge on any atom is -0.388 e. The number of nitrogens with two attached hydrogens (primary N) is 1. The molecule has 7 nitrogen and oxygen atoms in total. The van der Waals surface area contributed by atoms with Crippen molar-refractivity contribution < 1.29 is 14.3 Å². The molecule has 4 N–H and O–H groups in total. The van der Waals surface area contributed by atoms with E-state index in [0.29, 0.717) is 30.0 Å². The molecular formula is C20H24FN5O2S. The van der Waals surface area contributed by atoms with Crippen molar-refractivity contribution in [2.24, 2.45) is 9.50 Å². The third-order valence-electron chi connectivity index (χ3n) is 6.18. The highest BCUT2D eigenvalue weighted by Crippen LogP contribution is 2.42. The summed E-state index contributed by atoms with van der Waals surface area (Å²) in [5, 5.41) is 23.6. The van der Waals surface area contributed by atoms with E-state index in [1.54, 1.807) is 4.68 Å². The maximum Gasteiger partial charge on any atom is 0.352 e. The zero-order chi connectivity index (χ0) is 20.1. The average Bonchev–Trinajstić information content (AvgIpc) is 3.41. The molecular weight excluding hydrogens is 393 g/mol. The van der Waals surface area contributed by atoms with Crippen molar-refractivity contribution in [1.82, 2.24) is 9.78 Å². The van der Waals surface area contributed by atoms with Crippen LogP contribution in [-0.2, 0) is 36.7 Å². The topological polar surface area (TPSA) is 106 Å². The van der Waals surface area contributed by atoms with Crippen molar-refractivity contribution in [1.29, 1.82) is 0 Å². The number of anilines is 1. The molecule has 29 heavy (non-hydrogen) atoms. The van der Waals surface area contributed by atoms with Crippen LogP contribution in [0.1, 0.15) is 65.9 Å². The van der Waals surface area contributed by atoms with Crippen LogP contribution in [0.2, 0.25) is 0 Å². The number of hydrogen-bond donors (Lipinski definition) is 3. The number of rotatable bonds is 2. The Hall–Kier alpha value is -2.10. The number of fused-ring (bicyclic) bond motifs is 3. The van der Waals surface area contributed by atoms with Crippen LogP contribution >= 0.6 is 0 Å². The molecule has 9 heteroatoms. The highest BCUT2D eigenvalue weighted by molar-refractivity contribution is 7.85. The molecule has 0 bridgehead atoms. The maximum absolute atomic E-state index is 14.4. The fraction of sp³-hybridized carbons (Fsp3) is 0.500. The van der Waals surface area contributed by atoms with E-state index >= 15 is 0 Å². The molecule has 3 atom stereocenters. The second-order valence-electron chi connectivity index (χ2n) is 7.93. The number of alkyl halides is 1. The summed E-state index contributed by atoms with van der Waals surface area (Å²) in [4.78, 5) is 13.2. The van der Waals surface area contributed by atoms with Gasteiger partial charge in [0.1, 0.15) is 6.17 Å². The summed E-state index contributed by atoms with van der Waals surface area (Å²) in [7, 11) is -1.28. The standard InChI is InChI=1S/C20H24FN5O2S/c21-15-5-2-8-26-19(15)17(10-23-26)29(22)25-20(28)24-18-12-4-1-3-11(12)9-14-13(18)6-7-16(14)27/h9-10,15-16,27H,1-8H2,(H3,22,24,25,28). The van der Waals surface area contributed by atoms with Crippen LogP contribution in [0.4, 0.5) is 14.9 Å². The number of halogens is 1. The van der Waals surface area contributed by atoms with Gasteiger partial charge < -0.3 is 10.4 Å². The highest BCUT2D eigenvalue weighted by atomic mass is 32.2. The van der Waals surface area contributed by atoms with Crippen molar-refractivity contribution in [3.63, 3.8) is 0 Å². The van der Waals surface area contributed by atoms with E-state index in [1.807, 2.05) is 0 Å². The first-order valence-corrected chi connectivity index (χ1v) is 11.3. The highest BCUT2D eigenvalue weighted by Gasteiger charge is 2.30. The minimum absolute atomic E-state index is 0.437. The van der Waals surface area contributed by atoms with Crippen LogP contribution in [0, 0.1) is 0 Å². The van der Waals surface area contributed by atoms with Gasteiger partial charge in [-0.05, 0) is 67.2 Å². The lowest BCUT2D eigenvalue weighted by molar-refractivity contribution is 0.180. The van der Waals surface area contributed by atoms with E-state index in [-0.39, 0.29) is 0 Å². The van der Waals surface area contributed by atoms with Crippen LogP contribution in [0.15, 0.2) is 21.5 Å². The van der Waals surface area contributed by atoms with Crippen molar-refractivity contribution in [3.8, 4) is 0 Å². The van der Waals surface area contributed by atoms with Crippen LogP contribution < -0.4 is 10.5 Å². The number of aliphatic hydroxyl groups excluding tert-OH is 1. The predicted molar refractivity (Wildman–Crippen MR) is 108 cm³/mol. The molecule has 0 saturated carbocycles. The van der Waals surface area contributed by atoms with Crippen molar-refractivity contribution >= 4 is 22.6 Å². The molecule has 0 saturated heterocycles. The first kappa shape index (κ1) is 18.9. The Morgan fingerprint density at radius 1 is 1.31 bits per heavy atom. The minimum atomic E-state index is -1.28. The fourth-order valence-electron chi connectivity index (χ4n) is 4.83. The van der Waals surface area contributed by atoms with Gasteiger partial charge >= 0.3 is 6.03 Å². The monoisotopic (exact) mass is 417 g/mol. The number of amides is 2. The molecule has 2 aromatic rings. The molecule has 3 aliphatic rings. The number of hydrogen-bond acceptors (Lipinski definition) is 3. The largest absolute Gasteiger partial charge is 0.388 e. The van der Waals surface area contributed by atoms with E-state index in [1.165, 1.54) is 11.8 Å². The number of carbonyl (C=O) groups is 1. The third-order valence-corrected chi connectivity index (χ3v) is 7.30. The summed E-state index contributed by atoms with van der Waals surface area (Å²) >= 11 is 0. The van der Waals surface area contributed by atoms with Gasteiger partial charge in [0.15, 0.2) is 0 Å². The van der Waals surface area contributed by atoms with Gasteiger partial charge in [-0.25, -0.2) is 9.18 Å². The lowest BCUT2D eigenvalue weighted by Gasteiger charge is -2.18. The van der Waals surface area contributed by atoms with Crippen LogP contribution in [0.25, 0.3) is 0 Å². The smallest absolute Gasteiger partial charge is 0.352 e. The molecule has 1 aliphatic heterocycles. The third kappa shape index (κ3) is 3.21. The Labute approximate surface area is 170 Å². The molecule has 2 amide bonds. The number of aryl methyl sites for hydroxylation is 2. The maximum atomic E-state index is 14.4. The van der Waals surface area contributed by atoms with E-state index in [2.05, 4.69) is 20.8 Å². The van der Waals surface area contributed by atoms with Gasteiger partial charge in [-0.15, -0.1) is 0 Å². The first-order chi connectivity index (χ1) is 14.0. The summed E-state index contributed by atoms with van der Waals surface area (Å²) < 4.78 is 20.1. The summed E-state index contributed by atoms with van der Waals surface area (Å²) in [5.41, 5.74) is 5.49. The number of carbonyl (C=O) groups excluding carboxylic acids is 1. The van der Waals surface area contributed by atoms with Crippen molar-refractivity contribution in [3.05, 3.63) is 40.2 Å². The molecule has 0 radical (unpaired) electrons. The van der Waals surface area contributed by atoms with Crippen molar-refractivity contribution in [2.45, 2.75) is 68.7 Å². The van der Waals surface area contributed by atoms with Crippen LogP contribution in [0.5, 0.6) is 0 Å². The Morgan fingerprint density at radius 2 is 2.17 bits per heavy atom. The molecule has 5 rings (SSSR count). The second kappa shape index (κ2) is 7.30. The lowest BCUT2D eigenvalue weighted by atomic mass is 9.98. The fourth-order valence-corrected chi connectivity index (χ4v) is 5.75. The predicted octanol–water partition coefficient (Wildman–Crippen LogP) is 3.42. The number of benzene rings is 1. The van der Waals surface area contributed by atoms with Gasteiger partial charge in [-0.2, -0.15) is 9.46 Å². The van der Waals surface area contributed by atoms with E-state index in [9.17, 15) is 14.3 Å². The molecule has 2 aliphatic carbocycles. The lowest BCUT2D eigenvalue weighted by Crippen LogP contribution is -2.18. The van der Waals surface area contributed by atoms with E-state index in [0.717, 1.165) is 54.5 Å². The number of aliphatic hydroxyl groups is 1. The molecule has 1 aromatic heterocycles. The van der Waals surface area contributed by atoms with Crippen molar-refractivity contribution in [2.75, 3.05) is 5.32 Å². The van der Waals surface area contributed by atoms with E-state index in [4.69, 9.17) is 5.14 Å². The Kier molecular flexibility index (Phi) is 4.76. The Morgan fingerprint density at radius 3 is 3.03 bits per heavy atom. The summed E-state index contributed by atoms with van der Waals surface area (Å²) in [6.07, 6.45) is 5.40. The number of urea groups is 1. The molecule has 0 fully saturated rings. The molecule has 1 aromatic carbocycles. The van der Waals surface area contributed by atoms with Gasteiger partial charge in [-0.3, -0.25) is 9.82 Å². The quantitative estimate of drug-likeness (QED) is 0.696. The van der Waals surface area contributed by atoms with Gasteiger partial charge in [0.2, 0.25) is 0 Å². The van der Waals surface area contributed by atoms with Crippen LogP contribution in [0.3, 0.4) is 0 Å². The molecule has 3 unspecified atom stereocenters. The Bertz CT molecular complexity index is 1030. The first-order valence-electron chi connectivity index (χ1n) is 10.1.